The minimum absolute atomic E-state index is 0.0444. The van der Waals surface area contributed by atoms with E-state index in [0.29, 0.717) is 33.8 Å². The van der Waals surface area contributed by atoms with Gasteiger partial charge in [-0.2, -0.15) is 13.2 Å². The molecular weight excluding hydrogens is 489 g/mol. The number of benzene rings is 3. The van der Waals surface area contributed by atoms with Crippen LogP contribution in [0, 0.1) is 6.92 Å². The molecule has 0 aliphatic carbocycles. The molecule has 3 aromatic rings. The number of ether oxygens (including phenoxy) is 2. The Morgan fingerprint density at radius 1 is 1.05 bits per heavy atom. The van der Waals surface area contributed by atoms with E-state index in [1.807, 2.05) is 0 Å². The maximum atomic E-state index is 13.1. The van der Waals surface area contributed by atoms with Gasteiger partial charge in [0.1, 0.15) is 5.75 Å². The van der Waals surface area contributed by atoms with Gasteiger partial charge in [0, 0.05) is 22.5 Å². The largest absolute Gasteiger partial charge is 0.482 e. The van der Waals surface area contributed by atoms with Crippen LogP contribution in [0.25, 0.3) is 0 Å². The Morgan fingerprint density at radius 3 is 2.43 bits per heavy atom. The van der Waals surface area contributed by atoms with Crippen molar-refractivity contribution in [3.8, 4) is 5.75 Å². The summed E-state index contributed by atoms with van der Waals surface area (Å²) in [6, 6.07) is 14.0. The van der Waals surface area contributed by atoms with Crippen molar-refractivity contribution >= 4 is 29.2 Å². The van der Waals surface area contributed by atoms with Crippen LogP contribution in [0.4, 0.5) is 24.5 Å². The summed E-state index contributed by atoms with van der Waals surface area (Å²) >= 11 is 0. The summed E-state index contributed by atoms with van der Waals surface area (Å²) in [5, 5.41) is 2.79. The van der Waals surface area contributed by atoms with Gasteiger partial charge in [-0.25, -0.2) is 4.79 Å². The summed E-state index contributed by atoms with van der Waals surface area (Å²) < 4.78 is 49.0. The second kappa shape index (κ2) is 10.3. The number of nitrogens with zero attached hydrogens (tertiary/aromatic N) is 1. The lowest BCUT2D eigenvalue weighted by atomic mass is 10.0. The van der Waals surface area contributed by atoms with Gasteiger partial charge in [0.15, 0.2) is 6.61 Å². The second-order valence-electron chi connectivity index (χ2n) is 8.30. The van der Waals surface area contributed by atoms with E-state index in [1.165, 1.54) is 17.0 Å². The highest BCUT2D eigenvalue weighted by atomic mass is 19.4. The molecule has 0 spiro atoms. The van der Waals surface area contributed by atoms with Crippen LogP contribution in [-0.2, 0) is 22.3 Å². The van der Waals surface area contributed by atoms with E-state index in [2.05, 4.69) is 5.32 Å². The van der Waals surface area contributed by atoms with E-state index in [4.69, 9.17) is 9.47 Å². The van der Waals surface area contributed by atoms with Crippen molar-refractivity contribution in [2.75, 3.05) is 23.4 Å². The molecular formula is C27H23F3N2O5. The third-order valence-electron chi connectivity index (χ3n) is 5.80. The number of fused-ring (bicyclic) bond motifs is 1. The predicted octanol–water partition coefficient (Wildman–Crippen LogP) is 5.37. The number of alkyl halides is 3. The van der Waals surface area contributed by atoms with E-state index in [9.17, 15) is 27.6 Å². The molecule has 1 N–H and O–H groups in total. The number of carbonyl (C=O) groups excluding carboxylic acids is 3. The van der Waals surface area contributed by atoms with Gasteiger partial charge < -0.3 is 19.7 Å². The van der Waals surface area contributed by atoms with E-state index in [-0.39, 0.29) is 25.3 Å². The summed E-state index contributed by atoms with van der Waals surface area (Å²) in [4.78, 5) is 38.9. The second-order valence-corrected chi connectivity index (χ2v) is 8.30. The van der Waals surface area contributed by atoms with Crippen LogP contribution in [-0.4, -0.2) is 31.0 Å². The molecule has 1 heterocycles. The summed E-state index contributed by atoms with van der Waals surface area (Å²) in [6.07, 6.45) is -4.48. The van der Waals surface area contributed by atoms with Gasteiger partial charge in [-0.05, 0) is 79.6 Å². The quantitative estimate of drug-likeness (QED) is 0.431. The van der Waals surface area contributed by atoms with E-state index >= 15 is 0 Å². The van der Waals surface area contributed by atoms with Crippen molar-refractivity contribution in [3.63, 3.8) is 0 Å². The van der Waals surface area contributed by atoms with Crippen LogP contribution < -0.4 is 15.0 Å². The summed E-state index contributed by atoms with van der Waals surface area (Å²) in [6.45, 7) is 3.52. The van der Waals surface area contributed by atoms with Crippen molar-refractivity contribution < 1.29 is 37.0 Å². The summed E-state index contributed by atoms with van der Waals surface area (Å²) in [7, 11) is 0. The highest BCUT2D eigenvalue weighted by Crippen LogP contribution is 2.34. The van der Waals surface area contributed by atoms with Crippen molar-refractivity contribution in [1.29, 1.82) is 0 Å². The highest BCUT2D eigenvalue weighted by molar-refractivity contribution is 6.14. The number of halogens is 3. The fourth-order valence-electron chi connectivity index (χ4n) is 4.01. The van der Waals surface area contributed by atoms with Gasteiger partial charge in [0.05, 0.1) is 18.7 Å². The van der Waals surface area contributed by atoms with Crippen LogP contribution in [0.2, 0.25) is 0 Å². The predicted molar refractivity (Wildman–Crippen MR) is 130 cm³/mol. The molecule has 0 fully saturated rings. The Hall–Kier alpha value is -4.34. The van der Waals surface area contributed by atoms with E-state index < -0.39 is 29.5 Å². The third kappa shape index (κ3) is 5.58. The number of aryl methyl sites for hydroxylation is 1. The minimum Gasteiger partial charge on any atom is -0.482 e. The molecule has 10 heteroatoms. The number of carbonyl (C=O) groups is 3. The van der Waals surface area contributed by atoms with Crippen molar-refractivity contribution in [2.45, 2.75) is 26.6 Å². The maximum Gasteiger partial charge on any atom is 0.416 e. The number of hydrogen-bond acceptors (Lipinski definition) is 5. The number of amides is 2. The number of nitrogens with one attached hydrogen (secondary N) is 1. The molecule has 2 amide bonds. The normalized spacial score (nSPS) is 12.8. The maximum absolute atomic E-state index is 13.1. The molecule has 4 rings (SSSR count). The Bertz CT molecular complexity index is 1350. The van der Waals surface area contributed by atoms with E-state index in [1.54, 1.807) is 50.2 Å². The van der Waals surface area contributed by atoms with Crippen LogP contribution in [0.3, 0.4) is 0 Å². The van der Waals surface area contributed by atoms with Gasteiger partial charge in [0.2, 0.25) is 0 Å². The van der Waals surface area contributed by atoms with Crippen molar-refractivity contribution in [2.24, 2.45) is 0 Å². The van der Waals surface area contributed by atoms with Crippen LogP contribution in [0.15, 0.2) is 60.7 Å². The molecule has 0 radical (unpaired) electrons. The van der Waals surface area contributed by atoms with Gasteiger partial charge in [-0.3, -0.25) is 9.59 Å². The standard InChI is InChI=1S/C27H23F3N2O5/c1-3-36-24(33)15-37-23-12-9-18(13-16(23)2)31-25(34)20-5-4-6-21-22(20)14-32(26(21)35)19-10-7-17(8-11-19)27(28,29)30/h4-13H,3,14-15H2,1-2H3,(H,31,34). The highest BCUT2D eigenvalue weighted by Gasteiger charge is 2.34. The SMILES string of the molecule is CCOC(=O)COc1ccc(NC(=O)c2cccc3c2CN(c2ccc(C(F)(F)F)cc2)C3=O)cc1C. The van der Waals surface area contributed by atoms with Crippen LogP contribution in [0.5, 0.6) is 5.75 Å². The Labute approximate surface area is 210 Å². The zero-order valence-electron chi connectivity index (χ0n) is 20.0. The zero-order chi connectivity index (χ0) is 26.7. The molecule has 7 nitrogen and oxygen atoms in total. The molecule has 0 saturated heterocycles. The molecule has 0 saturated carbocycles. The average Bonchev–Trinajstić information content (AvgIpc) is 3.19. The van der Waals surface area contributed by atoms with Crippen molar-refractivity contribution in [1.82, 2.24) is 0 Å². The van der Waals surface area contributed by atoms with Gasteiger partial charge in [-0.1, -0.05) is 6.07 Å². The first-order valence-electron chi connectivity index (χ1n) is 11.4. The van der Waals surface area contributed by atoms with E-state index in [0.717, 1.165) is 12.1 Å². The molecule has 0 unspecified atom stereocenters. The number of anilines is 2. The summed E-state index contributed by atoms with van der Waals surface area (Å²) in [5.41, 5.74) is 1.72. The first-order valence-corrected chi connectivity index (χ1v) is 11.4. The molecule has 0 aromatic heterocycles. The number of rotatable bonds is 7. The third-order valence-corrected chi connectivity index (χ3v) is 5.80. The monoisotopic (exact) mass is 512 g/mol. The fourth-order valence-corrected chi connectivity index (χ4v) is 4.01. The molecule has 192 valence electrons. The fraction of sp³-hybridized carbons (Fsp3) is 0.222. The molecule has 1 aliphatic heterocycles. The summed E-state index contributed by atoms with van der Waals surface area (Å²) in [5.74, 6) is -0.872. The van der Waals surface area contributed by atoms with Crippen LogP contribution >= 0.6 is 0 Å². The van der Waals surface area contributed by atoms with Gasteiger partial charge in [0.25, 0.3) is 11.8 Å². The van der Waals surface area contributed by atoms with Gasteiger partial charge >= 0.3 is 12.1 Å². The van der Waals surface area contributed by atoms with Crippen molar-refractivity contribution in [3.05, 3.63) is 88.5 Å². The Morgan fingerprint density at radius 2 is 1.78 bits per heavy atom. The first-order chi connectivity index (χ1) is 17.6. The molecule has 37 heavy (non-hydrogen) atoms. The molecule has 0 bridgehead atoms. The lowest BCUT2D eigenvalue weighted by Crippen LogP contribution is -2.23. The Balaban J connectivity index is 1.49. The number of hydrogen-bond donors (Lipinski definition) is 1. The smallest absolute Gasteiger partial charge is 0.416 e. The van der Waals surface area contributed by atoms with Gasteiger partial charge in [-0.15, -0.1) is 0 Å². The lowest BCUT2D eigenvalue weighted by molar-refractivity contribution is -0.145. The lowest BCUT2D eigenvalue weighted by Gasteiger charge is -2.17. The number of esters is 1. The molecule has 3 aromatic carbocycles. The average molecular weight is 512 g/mol. The Kier molecular flexibility index (Phi) is 7.19. The molecule has 0 atom stereocenters. The topological polar surface area (TPSA) is 84.9 Å². The minimum atomic E-state index is -4.48. The zero-order valence-corrected chi connectivity index (χ0v) is 20.0. The first kappa shape index (κ1) is 25.7. The van der Waals surface area contributed by atoms with Crippen LogP contribution in [0.1, 0.15) is 44.3 Å². The molecule has 1 aliphatic rings.